The number of hydrogen-bond acceptors (Lipinski definition) is 5. The molecular formula is C16H16N4O2S. The lowest BCUT2D eigenvalue weighted by Gasteiger charge is -2.37. The maximum atomic E-state index is 12.0. The van der Waals surface area contributed by atoms with Gasteiger partial charge < -0.3 is 9.64 Å². The third-order valence-corrected chi connectivity index (χ3v) is 4.47. The van der Waals surface area contributed by atoms with Crippen molar-refractivity contribution in [3.63, 3.8) is 0 Å². The molecule has 1 saturated heterocycles. The molecule has 0 saturated carbocycles. The number of pyridine rings is 1. The molecule has 23 heavy (non-hydrogen) atoms. The number of rotatable bonds is 2. The topological polar surface area (TPSA) is 67.3 Å². The van der Waals surface area contributed by atoms with Crippen LogP contribution in [0.15, 0.2) is 24.5 Å². The van der Waals surface area contributed by atoms with Crippen molar-refractivity contribution in [2.45, 2.75) is 13.0 Å². The van der Waals surface area contributed by atoms with Gasteiger partial charge in [-0.2, -0.15) is 0 Å². The molecule has 2 aromatic rings. The third kappa shape index (κ3) is 3.67. The Balaban J connectivity index is 1.65. The number of anilines is 1. The van der Waals surface area contributed by atoms with Gasteiger partial charge in [0.2, 0.25) is 0 Å². The first-order valence-corrected chi connectivity index (χ1v) is 7.95. The lowest BCUT2D eigenvalue weighted by atomic mass is 10.2. The Morgan fingerprint density at radius 3 is 2.83 bits per heavy atom. The summed E-state index contributed by atoms with van der Waals surface area (Å²) in [5.74, 6) is 6.16. The van der Waals surface area contributed by atoms with Gasteiger partial charge in [-0.15, -0.1) is 0 Å². The molecule has 0 bridgehead atoms. The summed E-state index contributed by atoms with van der Waals surface area (Å²) in [6, 6.07) is 3.55. The van der Waals surface area contributed by atoms with E-state index >= 15 is 0 Å². The number of methoxy groups -OCH3 is 1. The normalized spacial score (nSPS) is 13.9. The molecule has 6 nitrogen and oxygen atoms in total. The van der Waals surface area contributed by atoms with E-state index in [-0.39, 0.29) is 12.1 Å². The fourth-order valence-electron chi connectivity index (χ4n) is 2.05. The number of aromatic nitrogens is 2. The van der Waals surface area contributed by atoms with E-state index in [1.54, 1.807) is 24.4 Å². The zero-order valence-corrected chi connectivity index (χ0v) is 13.7. The van der Waals surface area contributed by atoms with Crippen molar-refractivity contribution in [1.82, 2.24) is 14.9 Å². The van der Waals surface area contributed by atoms with Crippen molar-refractivity contribution in [1.29, 1.82) is 0 Å². The SMILES string of the molecule is COC1CN(C(=O)Nc2nc(C)c(C#Cc3ccncc3)s2)C1. The van der Waals surface area contributed by atoms with Crippen LogP contribution in [0.2, 0.25) is 0 Å². The highest BCUT2D eigenvalue weighted by Gasteiger charge is 2.30. The van der Waals surface area contributed by atoms with Crippen LogP contribution in [-0.2, 0) is 4.74 Å². The van der Waals surface area contributed by atoms with Crippen LogP contribution in [0.4, 0.5) is 9.93 Å². The van der Waals surface area contributed by atoms with Gasteiger partial charge in [-0.3, -0.25) is 10.3 Å². The molecule has 118 valence electrons. The van der Waals surface area contributed by atoms with E-state index in [4.69, 9.17) is 4.74 Å². The number of ether oxygens (including phenoxy) is 1. The molecule has 1 N–H and O–H groups in total. The summed E-state index contributed by atoms with van der Waals surface area (Å²) < 4.78 is 5.16. The quantitative estimate of drug-likeness (QED) is 0.858. The van der Waals surface area contributed by atoms with Crippen molar-refractivity contribution in [2.75, 3.05) is 25.5 Å². The number of likely N-dealkylation sites (tertiary alicyclic amines) is 1. The standard InChI is InChI=1S/C16H16N4O2S/c1-11-14(4-3-12-5-7-17-8-6-12)23-15(18-11)19-16(21)20-9-13(10-20)22-2/h5-8,13H,9-10H2,1-2H3,(H,18,19,21). The van der Waals surface area contributed by atoms with E-state index in [1.165, 1.54) is 11.3 Å². The highest BCUT2D eigenvalue weighted by atomic mass is 32.1. The number of urea groups is 1. The van der Waals surface area contributed by atoms with E-state index in [0.29, 0.717) is 18.2 Å². The first-order chi connectivity index (χ1) is 11.2. The Morgan fingerprint density at radius 2 is 2.13 bits per heavy atom. The number of amides is 2. The van der Waals surface area contributed by atoms with Crippen LogP contribution >= 0.6 is 11.3 Å². The summed E-state index contributed by atoms with van der Waals surface area (Å²) >= 11 is 1.38. The van der Waals surface area contributed by atoms with Crippen LogP contribution in [0.25, 0.3) is 0 Å². The minimum atomic E-state index is -0.152. The van der Waals surface area contributed by atoms with E-state index in [1.807, 2.05) is 19.1 Å². The van der Waals surface area contributed by atoms with Gasteiger partial charge in [0, 0.05) is 25.1 Å². The van der Waals surface area contributed by atoms with Crippen molar-refractivity contribution in [3.8, 4) is 11.8 Å². The Hall–Kier alpha value is -2.43. The molecule has 1 fully saturated rings. The minimum absolute atomic E-state index is 0.139. The van der Waals surface area contributed by atoms with Crippen LogP contribution in [0.1, 0.15) is 16.1 Å². The second-order valence-corrected chi connectivity index (χ2v) is 6.11. The lowest BCUT2D eigenvalue weighted by molar-refractivity contribution is -0.00465. The smallest absolute Gasteiger partial charge is 0.323 e. The number of nitrogens with zero attached hydrogens (tertiary/aromatic N) is 3. The molecule has 3 rings (SSSR count). The number of carbonyl (C=O) groups is 1. The van der Waals surface area contributed by atoms with E-state index in [9.17, 15) is 4.79 Å². The van der Waals surface area contributed by atoms with Crippen LogP contribution in [-0.4, -0.2) is 47.2 Å². The van der Waals surface area contributed by atoms with Gasteiger partial charge >= 0.3 is 6.03 Å². The second-order valence-electron chi connectivity index (χ2n) is 5.11. The summed E-state index contributed by atoms with van der Waals surface area (Å²) in [7, 11) is 1.65. The van der Waals surface area contributed by atoms with Crippen molar-refractivity contribution < 1.29 is 9.53 Å². The van der Waals surface area contributed by atoms with Gasteiger partial charge in [0.1, 0.15) is 4.88 Å². The molecule has 0 aromatic carbocycles. The van der Waals surface area contributed by atoms with Gasteiger partial charge in [0.15, 0.2) is 5.13 Å². The Bertz CT molecular complexity index is 757. The van der Waals surface area contributed by atoms with Gasteiger partial charge in [0.25, 0.3) is 0 Å². The molecule has 7 heteroatoms. The summed E-state index contributed by atoms with van der Waals surface area (Å²) in [4.78, 5) is 22.9. The van der Waals surface area contributed by atoms with Crippen molar-refractivity contribution in [2.24, 2.45) is 0 Å². The highest BCUT2D eigenvalue weighted by Crippen LogP contribution is 2.23. The summed E-state index contributed by atoms with van der Waals surface area (Å²) in [6.45, 7) is 3.11. The number of hydrogen-bond donors (Lipinski definition) is 1. The molecule has 0 aliphatic carbocycles. The molecule has 2 aromatic heterocycles. The second kappa shape index (κ2) is 6.77. The van der Waals surface area contributed by atoms with Gasteiger partial charge in [-0.05, 0) is 25.0 Å². The van der Waals surface area contributed by atoms with Crippen LogP contribution in [0.3, 0.4) is 0 Å². The van der Waals surface area contributed by atoms with Gasteiger partial charge in [-0.1, -0.05) is 17.3 Å². The molecule has 0 atom stereocenters. The molecule has 0 radical (unpaired) electrons. The largest absolute Gasteiger partial charge is 0.378 e. The Labute approximate surface area is 138 Å². The monoisotopic (exact) mass is 328 g/mol. The zero-order valence-electron chi connectivity index (χ0n) is 12.9. The van der Waals surface area contributed by atoms with E-state index in [2.05, 4.69) is 27.1 Å². The minimum Gasteiger partial charge on any atom is -0.378 e. The molecule has 1 aliphatic heterocycles. The number of nitrogens with one attached hydrogen (secondary N) is 1. The molecule has 3 heterocycles. The highest BCUT2D eigenvalue weighted by molar-refractivity contribution is 7.16. The van der Waals surface area contributed by atoms with Crippen LogP contribution < -0.4 is 5.32 Å². The van der Waals surface area contributed by atoms with Crippen LogP contribution in [0.5, 0.6) is 0 Å². The Kier molecular flexibility index (Phi) is 4.55. The predicted molar refractivity (Wildman–Crippen MR) is 88.5 cm³/mol. The average molecular weight is 328 g/mol. The maximum absolute atomic E-state index is 12.0. The first kappa shape index (κ1) is 15.5. The first-order valence-electron chi connectivity index (χ1n) is 7.14. The maximum Gasteiger partial charge on any atom is 0.323 e. The summed E-state index contributed by atoms with van der Waals surface area (Å²) in [6.07, 6.45) is 3.55. The zero-order chi connectivity index (χ0) is 16.2. The van der Waals surface area contributed by atoms with Crippen molar-refractivity contribution >= 4 is 22.5 Å². The van der Waals surface area contributed by atoms with E-state index in [0.717, 1.165) is 16.1 Å². The third-order valence-electron chi connectivity index (χ3n) is 3.48. The number of aryl methyl sites for hydroxylation is 1. The number of carbonyl (C=O) groups excluding carboxylic acids is 1. The fraction of sp³-hybridized carbons (Fsp3) is 0.312. The van der Waals surface area contributed by atoms with Gasteiger partial charge in [0.05, 0.1) is 24.9 Å². The predicted octanol–water partition coefficient (Wildman–Crippen LogP) is 2.11. The number of thiazole rings is 1. The molecule has 0 unspecified atom stereocenters. The summed E-state index contributed by atoms with van der Waals surface area (Å²) in [5, 5.41) is 3.37. The summed E-state index contributed by atoms with van der Waals surface area (Å²) in [5.41, 5.74) is 1.70. The van der Waals surface area contributed by atoms with E-state index < -0.39 is 0 Å². The van der Waals surface area contributed by atoms with Crippen LogP contribution in [0, 0.1) is 18.8 Å². The molecule has 2 amide bonds. The average Bonchev–Trinajstić information content (AvgIpc) is 2.85. The Morgan fingerprint density at radius 1 is 1.39 bits per heavy atom. The van der Waals surface area contributed by atoms with Crippen molar-refractivity contribution in [3.05, 3.63) is 40.7 Å². The molecule has 0 spiro atoms. The molecular weight excluding hydrogens is 312 g/mol. The van der Waals surface area contributed by atoms with Gasteiger partial charge in [-0.25, -0.2) is 9.78 Å². The fourth-order valence-corrected chi connectivity index (χ4v) is 2.86. The molecule has 1 aliphatic rings. The lowest BCUT2D eigenvalue weighted by Crippen LogP contribution is -2.55.